The number of carbonyl (C=O) groups excluding carboxylic acids is 2. The van der Waals surface area contributed by atoms with E-state index >= 15 is 0 Å². The Hall–Kier alpha value is -2.05. The van der Waals surface area contributed by atoms with Gasteiger partial charge in [-0.15, -0.1) is 0 Å². The molecule has 0 spiro atoms. The lowest BCUT2D eigenvalue weighted by atomic mass is 10.2. The van der Waals surface area contributed by atoms with Gasteiger partial charge >= 0.3 is 6.03 Å². The van der Waals surface area contributed by atoms with E-state index in [1.54, 1.807) is 0 Å². The number of aromatic nitrogens is 2. The largest absolute Gasteiger partial charge is 0.343 e. The molecule has 1 fully saturated rings. The number of carbonyl (C=O) groups is 2. The van der Waals surface area contributed by atoms with Gasteiger partial charge in [0.25, 0.3) is 0 Å². The van der Waals surface area contributed by atoms with Gasteiger partial charge in [-0.3, -0.25) is 9.48 Å². The third-order valence-corrected chi connectivity index (χ3v) is 4.50. The highest BCUT2D eigenvalue weighted by Crippen LogP contribution is 2.19. The second kappa shape index (κ2) is 8.70. The second-order valence-corrected chi connectivity index (χ2v) is 6.29. The van der Waals surface area contributed by atoms with Crippen LogP contribution in [-0.4, -0.2) is 46.3 Å². The van der Waals surface area contributed by atoms with Crippen LogP contribution >= 0.6 is 0 Å². The van der Waals surface area contributed by atoms with Gasteiger partial charge in [-0.2, -0.15) is 5.10 Å². The summed E-state index contributed by atoms with van der Waals surface area (Å²) in [5.41, 5.74) is 2.48. The van der Waals surface area contributed by atoms with Crippen LogP contribution in [0.1, 0.15) is 50.4 Å². The SMILES string of the molecule is CCn1nc(C)c(NC(=O)NCCC(=O)N2CCCCCC2)c1C. The first-order chi connectivity index (χ1) is 11.5. The van der Waals surface area contributed by atoms with Crippen LogP contribution in [0.15, 0.2) is 0 Å². The third-order valence-electron chi connectivity index (χ3n) is 4.50. The van der Waals surface area contributed by atoms with Crippen molar-refractivity contribution in [3.05, 3.63) is 11.4 Å². The number of likely N-dealkylation sites (tertiary alicyclic amines) is 1. The molecule has 0 atom stereocenters. The van der Waals surface area contributed by atoms with Crippen molar-refractivity contribution in [3.63, 3.8) is 0 Å². The fourth-order valence-corrected chi connectivity index (χ4v) is 3.10. The van der Waals surface area contributed by atoms with E-state index in [1.807, 2.05) is 30.4 Å². The number of hydrogen-bond donors (Lipinski definition) is 2. The second-order valence-electron chi connectivity index (χ2n) is 6.29. The summed E-state index contributed by atoms with van der Waals surface area (Å²) in [4.78, 5) is 26.1. The van der Waals surface area contributed by atoms with Crippen molar-refractivity contribution in [1.82, 2.24) is 20.0 Å². The highest BCUT2D eigenvalue weighted by atomic mass is 16.2. The molecule has 0 aromatic carbocycles. The average molecular weight is 335 g/mol. The Morgan fingerprint density at radius 2 is 1.79 bits per heavy atom. The first kappa shape index (κ1) is 18.3. The van der Waals surface area contributed by atoms with Crippen molar-refractivity contribution in [2.75, 3.05) is 25.0 Å². The molecule has 0 saturated carbocycles. The van der Waals surface area contributed by atoms with Gasteiger partial charge in [-0.1, -0.05) is 12.8 Å². The smallest absolute Gasteiger partial charge is 0.319 e. The van der Waals surface area contributed by atoms with E-state index in [0.29, 0.717) is 13.0 Å². The first-order valence-corrected chi connectivity index (χ1v) is 8.89. The molecular formula is C17H29N5O2. The van der Waals surface area contributed by atoms with Crippen LogP contribution in [0.2, 0.25) is 0 Å². The van der Waals surface area contributed by atoms with Gasteiger partial charge in [-0.05, 0) is 33.6 Å². The maximum Gasteiger partial charge on any atom is 0.319 e. The summed E-state index contributed by atoms with van der Waals surface area (Å²) in [6.07, 6.45) is 4.92. The summed E-state index contributed by atoms with van der Waals surface area (Å²) in [6, 6.07) is -0.291. The third kappa shape index (κ3) is 4.72. The number of amides is 3. The molecule has 7 nitrogen and oxygen atoms in total. The molecule has 134 valence electrons. The van der Waals surface area contributed by atoms with Crippen LogP contribution in [-0.2, 0) is 11.3 Å². The maximum absolute atomic E-state index is 12.2. The number of rotatable bonds is 5. The summed E-state index contributed by atoms with van der Waals surface area (Å²) >= 11 is 0. The first-order valence-electron chi connectivity index (χ1n) is 8.89. The predicted molar refractivity (Wildman–Crippen MR) is 94.1 cm³/mol. The quantitative estimate of drug-likeness (QED) is 0.867. The lowest BCUT2D eigenvalue weighted by Gasteiger charge is -2.20. The average Bonchev–Trinajstić information content (AvgIpc) is 2.78. The van der Waals surface area contributed by atoms with Crippen LogP contribution in [0.25, 0.3) is 0 Å². The summed E-state index contributed by atoms with van der Waals surface area (Å²) < 4.78 is 1.85. The Morgan fingerprint density at radius 1 is 1.12 bits per heavy atom. The molecule has 0 bridgehead atoms. The molecule has 1 saturated heterocycles. The molecule has 2 N–H and O–H groups in total. The molecular weight excluding hydrogens is 306 g/mol. The van der Waals surface area contributed by atoms with Gasteiger partial charge in [0.05, 0.1) is 17.1 Å². The number of aryl methyl sites for hydroxylation is 2. The Labute approximate surface area is 143 Å². The topological polar surface area (TPSA) is 79.3 Å². The molecule has 0 aliphatic carbocycles. The normalized spacial score (nSPS) is 15.0. The Balaban J connectivity index is 1.77. The number of nitrogens with zero attached hydrogens (tertiary/aromatic N) is 3. The van der Waals surface area contributed by atoms with Gasteiger partial charge in [0, 0.05) is 32.6 Å². The summed E-state index contributed by atoms with van der Waals surface area (Å²) in [6.45, 7) is 8.62. The summed E-state index contributed by atoms with van der Waals surface area (Å²) in [5.74, 6) is 0.128. The van der Waals surface area contributed by atoms with Crippen LogP contribution < -0.4 is 10.6 Å². The number of hydrogen-bond acceptors (Lipinski definition) is 3. The predicted octanol–water partition coefficient (Wildman–Crippen LogP) is 2.43. The number of anilines is 1. The zero-order chi connectivity index (χ0) is 17.5. The molecule has 0 unspecified atom stereocenters. The van der Waals surface area contributed by atoms with Crippen molar-refractivity contribution in [2.24, 2.45) is 0 Å². The molecule has 2 rings (SSSR count). The van der Waals surface area contributed by atoms with E-state index < -0.39 is 0 Å². The van der Waals surface area contributed by atoms with E-state index in [-0.39, 0.29) is 11.9 Å². The fraction of sp³-hybridized carbons (Fsp3) is 0.706. The van der Waals surface area contributed by atoms with E-state index in [1.165, 1.54) is 12.8 Å². The van der Waals surface area contributed by atoms with Gasteiger partial charge < -0.3 is 15.5 Å². The van der Waals surface area contributed by atoms with Gasteiger partial charge in [-0.25, -0.2) is 4.79 Å². The maximum atomic E-state index is 12.2. The Bertz CT molecular complexity index is 574. The van der Waals surface area contributed by atoms with Gasteiger partial charge in [0.15, 0.2) is 0 Å². The minimum atomic E-state index is -0.291. The fourth-order valence-electron chi connectivity index (χ4n) is 3.10. The van der Waals surface area contributed by atoms with Crippen molar-refractivity contribution < 1.29 is 9.59 Å². The highest BCUT2D eigenvalue weighted by molar-refractivity contribution is 5.90. The van der Waals surface area contributed by atoms with Crippen molar-refractivity contribution in [1.29, 1.82) is 0 Å². The zero-order valence-corrected chi connectivity index (χ0v) is 15.0. The highest BCUT2D eigenvalue weighted by Gasteiger charge is 2.16. The van der Waals surface area contributed by atoms with Gasteiger partial charge in [0.1, 0.15) is 0 Å². The molecule has 1 aromatic heterocycles. The summed E-state index contributed by atoms with van der Waals surface area (Å²) in [7, 11) is 0. The number of urea groups is 1. The van der Waals surface area contributed by atoms with Crippen molar-refractivity contribution in [2.45, 2.75) is 59.4 Å². The van der Waals surface area contributed by atoms with Gasteiger partial charge in [0.2, 0.25) is 5.91 Å². The Kier molecular flexibility index (Phi) is 6.63. The molecule has 7 heteroatoms. The van der Waals surface area contributed by atoms with Crippen molar-refractivity contribution >= 4 is 17.6 Å². The van der Waals surface area contributed by atoms with Crippen LogP contribution in [0, 0.1) is 13.8 Å². The molecule has 0 radical (unpaired) electrons. The zero-order valence-electron chi connectivity index (χ0n) is 15.0. The molecule has 24 heavy (non-hydrogen) atoms. The van der Waals surface area contributed by atoms with E-state index in [9.17, 15) is 9.59 Å². The monoisotopic (exact) mass is 335 g/mol. The molecule has 1 aromatic rings. The van der Waals surface area contributed by atoms with Crippen molar-refractivity contribution in [3.8, 4) is 0 Å². The lowest BCUT2D eigenvalue weighted by Crippen LogP contribution is -2.36. The minimum Gasteiger partial charge on any atom is -0.343 e. The van der Waals surface area contributed by atoms with E-state index in [2.05, 4.69) is 15.7 Å². The van der Waals surface area contributed by atoms with Crippen LogP contribution in [0.4, 0.5) is 10.5 Å². The standard InChI is InChI=1S/C17H29N5O2/c1-4-22-14(3)16(13(2)20-22)19-17(24)18-10-9-15(23)21-11-7-5-6-8-12-21/h4-12H2,1-3H3,(H2,18,19,24). The Morgan fingerprint density at radius 3 is 2.38 bits per heavy atom. The molecule has 1 aliphatic heterocycles. The van der Waals surface area contributed by atoms with E-state index in [4.69, 9.17) is 0 Å². The molecule has 3 amide bonds. The lowest BCUT2D eigenvalue weighted by molar-refractivity contribution is -0.131. The van der Waals surface area contributed by atoms with Crippen LogP contribution in [0.3, 0.4) is 0 Å². The summed E-state index contributed by atoms with van der Waals surface area (Å²) in [5, 5.41) is 9.98. The number of nitrogens with one attached hydrogen (secondary N) is 2. The molecule has 1 aliphatic rings. The minimum absolute atomic E-state index is 0.128. The van der Waals surface area contributed by atoms with Crippen LogP contribution in [0.5, 0.6) is 0 Å². The van der Waals surface area contributed by atoms with E-state index in [0.717, 1.165) is 49.6 Å². The molecule has 2 heterocycles.